The summed E-state index contributed by atoms with van der Waals surface area (Å²) in [6.07, 6.45) is 37.8. The van der Waals surface area contributed by atoms with E-state index in [9.17, 15) is 35.7 Å². The van der Waals surface area contributed by atoms with Crippen molar-refractivity contribution in [3.05, 3.63) is 0 Å². The molecule has 0 aliphatic heterocycles. The van der Waals surface area contributed by atoms with Crippen LogP contribution in [0.2, 0.25) is 0 Å². The third-order valence-electron chi connectivity index (χ3n) is 14.1. The fourth-order valence-corrected chi connectivity index (χ4v) is 11.3. The minimum absolute atomic E-state index is 0.00932. The topological polar surface area (TPSA) is 142 Å². The zero-order valence-electron chi connectivity index (χ0n) is 34.9. The first-order valence-corrected chi connectivity index (χ1v) is 23.3. The molecule has 0 radical (unpaired) electrons. The van der Waals surface area contributed by atoms with E-state index in [4.69, 9.17) is 0 Å². The third kappa shape index (κ3) is 18.7. The highest BCUT2D eigenvalue weighted by Gasteiger charge is 2.62. The van der Waals surface area contributed by atoms with Crippen molar-refractivity contribution in [3.63, 3.8) is 0 Å². The van der Waals surface area contributed by atoms with Gasteiger partial charge in [0.1, 0.15) is 0 Å². The molecule has 0 aromatic heterocycles. The first kappa shape index (κ1) is 50.7. The van der Waals surface area contributed by atoms with Crippen molar-refractivity contribution in [2.45, 2.75) is 225 Å². The summed E-state index contributed by atoms with van der Waals surface area (Å²) in [5, 5.41) is 75.0. The molecule has 1 atom stereocenters. The van der Waals surface area contributed by atoms with Crippen molar-refractivity contribution < 1.29 is 35.7 Å². The molecule has 0 amide bonds. The number of aliphatic hydroxyl groups excluding tert-OH is 7. The van der Waals surface area contributed by atoms with Crippen LogP contribution in [-0.2, 0) is 0 Å². The van der Waals surface area contributed by atoms with Crippen LogP contribution in [0.15, 0.2) is 0 Å². The third-order valence-corrected chi connectivity index (χ3v) is 14.1. The van der Waals surface area contributed by atoms with Crippen LogP contribution in [-0.4, -0.2) is 82.0 Å². The Kier molecular flexibility index (Phi) is 32.4. The van der Waals surface area contributed by atoms with Gasteiger partial charge in [-0.2, -0.15) is 0 Å². The minimum atomic E-state index is -0.765. The Hall–Kier alpha value is -0.280. The summed E-state index contributed by atoms with van der Waals surface area (Å²) in [4.78, 5) is 0. The van der Waals surface area contributed by atoms with E-state index in [0.29, 0.717) is 44.9 Å². The summed E-state index contributed by atoms with van der Waals surface area (Å²) in [6, 6.07) is 0. The van der Waals surface area contributed by atoms with Crippen LogP contribution in [0.3, 0.4) is 0 Å². The summed E-state index contributed by atoms with van der Waals surface area (Å²) in [5.41, 5.74) is -2.08. The summed E-state index contributed by atoms with van der Waals surface area (Å²) < 4.78 is 0. The maximum absolute atomic E-state index is 10.8. The van der Waals surface area contributed by atoms with E-state index in [2.05, 4.69) is 0 Å². The zero-order valence-corrected chi connectivity index (χ0v) is 34.9. The van der Waals surface area contributed by atoms with Gasteiger partial charge >= 0.3 is 0 Å². The molecule has 0 saturated heterocycles. The first-order valence-electron chi connectivity index (χ1n) is 23.3. The molecule has 1 aliphatic rings. The average molecular weight is 757 g/mol. The Balaban J connectivity index is 3.33. The van der Waals surface area contributed by atoms with Gasteiger partial charge in [-0.3, -0.25) is 0 Å². The van der Waals surface area contributed by atoms with Gasteiger partial charge in [0.05, 0.1) is 0 Å². The van der Waals surface area contributed by atoms with Gasteiger partial charge in [-0.25, -0.2) is 0 Å². The van der Waals surface area contributed by atoms with Crippen molar-refractivity contribution in [1.82, 2.24) is 0 Å². The molecule has 1 unspecified atom stereocenters. The molecule has 0 bridgehead atoms. The van der Waals surface area contributed by atoms with Crippen LogP contribution >= 0.6 is 0 Å². The van der Waals surface area contributed by atoms with Crippen LogP contribution in [0, 0.1) is 22.2 Å². The maximum atomic E-state index is 10.8. The normalized spacial score (nSPS) is 23.7. The standard InChI is InChI=1S/C46H92O7/c47-36-28-43-27-25-23-21-19-17-15-13-11-9-7-5-3-1-2-4-6-8-10-12-14-16-18-20-22-24-26-29-44(30-37-48,31-38-49)46(34-41-52,35-42-53)45(43,32-39-50)33-40-51/h43,47-53H,1-42H2. The highest BCUT2D eigenvalue weighted by Crippen LogP contribution is 2.67. The molecule has 0 spiro atoms. The van der Waals surface area contributed by atoms with E-state index in [1.807, 2.05) is 0 Å². The second-order valence-corrected chi connectivity index (χ2v) is 17.3. The lowest BCUT2D eigenvalue weighted by Crippen LogP contribution is -2.59. The molecule has 1 fully saturated rings. The van der Waals surface area contributed by atoms with E-state index >= 15 is 0 Å². The Bertz CT molecular complexity index is 759. The monoisotopic (exact) mass is 757 g/mol. The van der Waals surface area contributed by atoms with E-state index in [0.717, 1.165) is 44.9 Å². The molecule has 7 heteroatoms. The van der Waals surface area contributed by atoms with E-state index < -0.39 is 16.2 Å². The maximum Gasteiger partial charge on any atom is 0.0436 e. The van der Waals surface area contributed by atoms with Crippen LogP contribution in [0.25, 0.3) is 0 Å². The SMILES string of the molecule is OCCC1CCCCCCCCCCCCCCCCCCCCCCCCCCCCC(CCO)(CCO)C(CCO)(CCO)C1(CCO)CCO. The van der Waals surface area contributed by atoms with Gasteiger partial charge in [-0.05, 0) is 80.0 Å². The first-order chi connectivity index (χ1) is 26.0. The van der Waals surface area contributed by atoms with Crippen molar-refractivity contribution in [1.29, 1.82) is 0 Å². The van der Waals surface area contributed by atoms with Gasteiger partial charge in [0.25, 0.3) is 0 Å². The zero-order chi connectivity index (χ0) is 38.8. The Morgan fingerprint density at radius 1 is 0.302 bits per heavy atom. The van der Waals surface area contributed by atoms with Crippen molar-refractivity contribution in [2.24, 2.45) is 22.2 Å². The van der Waals surface area contributed by atoms with Crippen molar-refractivity contribution >= 4 is 0 Å². The second-order valence-electron chi connectivity index (χ2n) is 17.3. The largest absolute Gasteiger partial charge is 0.396 e. The van der Waals surface area contributed by atoms with E-state index in [-0.39, 0.29) is 52.2 Å². The lowest BCUT2D eigenvalue weighted by Gasteiger charge is -2.64. The molecule has 1 aliphatic carbocycles. The quantitative estimate of drug-likeness (QED) is 0.0936. The predicted molar refractivity (Wildman–Crippen MR) is 222 cm³/mol. The number of rotatable bonds is 14. The Morgan fingerprint density at radius 2 is 0.585 bits per heavy atom. The molecule has 0 aromatic carbocycles. The Labute approximate surface area is 328 Å². The number of hydrogen-bond acceptors (Lipinski definition) is 7. The van der Waals surface area contributed by atoms with Crippen LogP contribution in [0.4, 0.5) is 0 Å². The highest BCUT2D eigenvalue weighted by atomic mass is 16.3. The van der Waals surface area contributed by atoms with Crippen LogP contribution < -0.4 is 0 Å². The smallest absolute Gasteiger partial charge is 0.0436 e. The number of aliphatic hydroxyl groups is 7. The van der Waals surface area contributed by atoms with Gasteiger partial charge in [0.15, 0.2) is 0 Å². The highest BCUT2D eigenvalue weighted by molar-refractivity contribution is 5.10. The van der Waals surface area contributed by atoms with Gasteiger partial charge in [0, 0.05) is 46.2 Å². The molecule has 7 N–H and O–H groups in total. The van der Waals surface area contributed by atoms with Gasteiger partial charge in [-0.15, -0.1) is 0 Å². The van der Waals surface area contributed by atoms with Gasteiger partial charge in [-0.1, -0.05) is 167 Å². The molecule has 7 nitrogen and oxygen atoms in total. The molecule has 1 saturated carbocycles. The van der Waals surface area contributed by atoms with E-state index in [1.165, 1.54) is 135 Å². The summed E-state index contributed by atoms with van der Waals surface area (Å²) >= 11 is 0. The summed E-state index contributed by atoms with van der Waals surface area (Å²) in [5.74, 6) is -0.0457. The summed E-state index contributed by atoms with van der Waals surface area (Å²) in [6.45, 7) is -0.602. The van der Waals surface area contributed by atoms with Gasteiger partial charge < -0.3 is 35.7 Å². The van der Waals surface area contributed by atoms with Crippen LogP contribution in [0.5, 0.6) is 0 Å². The molecule has 0 aromatic rings. The lowest BCUT2D eigenvalue weighted by atomic mass is 9.40. The summed E-state index contributed by atoms with van der Waals surface area (Å²) in [7, 11) is 0. The fraction of sp³-hybridized carbons (Fsp3) is 1.00. The molecule has 318 valence electrons. The molecule has 0 heterocycles. The van der Waals surface area contributed by atoms with Crippen molar-refractivity contribution in [3.8, 4) is 0 Å². The van der Waals surface area contributed by atoms with Crippen LogP contribution in [0.1, 0.15) is 225 Å². The molecule has 53 heavy (non-hydrogen) atoms. The van der Waals surface area contributed by atoms with Crippen molar-refractivity contribution in [2.75, 3.05) is 46.2 Å². The fourth-order valence-electron chi connectivity index (χ4n) is 11.3. The average Bonchev–Trinajstić information content (AvgIpc) is 3.15. The minimum Gasteiger partial charge on any atom is -0.396 e. The molecular formula is C46H92O7. The predicted octanol–water partition coefficient (Wildman–Crippen LogP) is 10.2. The lowest BCUT2D eigenvalue weighted by molar-refractivity contribution is -0.183. The Morgan fingerprint density at radius 3 is 0.868 bits per heavy atom. The molecule has 1 rings (SSSR count). The van der Waals surface area contributed by atoms with E-state index in [1.54, 1.807) is 0 Å². The van der Waals surface area contributed by atoms with Gasteiger partial charge in [0.2, 0.25) is 0 Å². The number of hydrogen-bond donors (Lipinski definition) is 7. The molecular weight excluding hydrogens is 664 g/mol. The second kappa shape index (κ2) is 33.8.